The molecule has 1 unspecified atom stereocenters. The van der Waals surface area contributed by atoms with Gasteiger partial charge in [-0.3, -0.25) is 4.57 Å². The van der Waals surface area contributed by atoms with Crippen molar-refractivity contribution in [2.24, 2.45) is 0 Å². The zero-order chi connectivity index (χ0) is 28.0. The van der Waals surface area contributed by atoms with Gasteiger partial charge in [-0.05, 0) is 46.8 Å². The van der Waals surface area contributed by atoms with Gasteiger partial charge in [0.05, 0.1) is 20.3 Å². The molecule has 5 rings (SSSR count). The highest BCUT2D eigenvalue weighted by molar-refractivity contribution is 6.28. The summed E-state index contributed by atoms with van der Waals surface area (Å²) in [5.41, 5.74) is 2.93. The molecule has 40 heavy (non-hydrogen) atoms. The first-order valence-corrected chi connectivity index (χ1v) is 13.2. The van der Waals surface area contributed by atoms with E-state index in [1.54, 1.807) is 14.2 Å². The molecule has 0 saturated carbocycles. The van der Waals surface area contributed by atoms with Gasteiger partial charge in [0.15, 0.2) is 17.0 Å². The van der Waals surface area contributed by atoms with Crippen molar-refractivity contribution in [3.8, 4) is 5.75 Å². The van der Waals surface area contributed by atoms with Gasteiger partial charge in [-0.2, -0.15) is 9.97 Å². The predicted molar refractivity (Wildman–Crippen MR) is 153 cm³/mol. The number of aromatic nitrogens is 4. The van der Waals surface area contributed by atoms with Crippen molar-refractivity contribution in [1.29, 1.82) is 0 Å². The maximum atomic E-state index is 10.7. The van der Waals surface area contributed by atoms with Crippen LogP contribution in [0.15, 0.2) is 91.3 Å². The van der Waals surface area contributed by atoms with Crippen LogP contribution in [-0.2, 0) is 15.1 Å². The Morgan fingerprint density at radius 3 is 2.12 bits per heavy atom. The number of imidazole rings is 1. The molecule has 0 amide bonds. The normalized spacial score (nSPS) is 12.4. The first-order valence-electron chi connectivity index (χ1n) is 12.8. The third kappa shape index (κ3) is 5.50. The summed E-state index contributed by atoms with van der Waals surface area (Å²) in [5.74, 6) is 1.23. The molecule has 2 N–H and O–H groups in total. The number of nitrogens with zero attached hydrogens (tertiary/aromatic N) is 4. The summed E-state index contributed by atoms with van der Waals surface area (Å²) in [5, 5.41) is 13.7. The molecular formula is C30H30ClN5O4. The zero-order valence-electron chi connectivity index (χ0n) is 22.2. The molecule has 3 aromatic carbocycles. The van der Waals surface area contributed by atoms with Gasteiger partial charge >= 0.3 is 0 Å². The lowest BCUT2D eigenvalue weighted by Crippen LogP contribution is -2.33. The molecule has 0 aliphatic heterocycles. The summed E-state index contributed by atoms with van der Waals surface area (Å²) in [6.07, 6.45) is 0.644. The van der Waals surface area contributed by atoms with Gasteiger partial charge in [0.2, 0.25) is 11.7 Å². The lowest BCUT2D eigenvalue weighted by atomic mass is 9.80. The van der Waals surface area contributed by atoms with Crippen LogP contribution >= 0.6 is 11.6 Å². The summed E-state index contributed by atoms with van der Waals surface area (Å²) in [7, 11) is 3.36. The maximum Gasteiger partial charge on any atom is 0.244 e. The second-order valence-electron chi connectivity index (χ2n) is 8.96. The fourth-order valence-electron chi connectivity index (χ4n) is 4.70. The second kappa shape index (κ2) is 12.4. The fraction of sp³-hybridized carbons (Fsp3) is 0.233. The standard InChI is InChI=1S/C30H30ClN5O4/c1-32-26-25-27(35-28(31)34-26)36(20-33-25)29(37)39-18-9-19-40-30(21-10-5-3-6-11-21,22-12-7-4-8-13-22)23-14-16-24(38-2)17-15-23/h3-8,10-17,20,29,37H,9,18-19H2,1-2H3,(H,32,34,35). The van der Waals surface area contributed by atoms with Crippen LogP contribution in [0.5, 0.6) is 5.75 Å². The molecule has 0 saturated heterocycles. The van der Waals surface area contributed by atoms with Gasteiger partial charge in [-0.25, -0.2) is 4.98 Å². The monoisotopic (exact) mass is 559 g/mol. The van der Waals surface area contributed by atoms with Gasteiger partial charge in [-0.1, -0.05) is 72.8 Å². The van der Waals surface area contributed by atoms with E-state index in [1.807, 2.05) is 60.7 Å². The Morgan fingerprint density at radius 1 is 0.900 bits per heavy atom. The average molecular weight is 560 g/mol. The second-order valence-corrected chi connectivity index (χ2v) is 9.29. The molecule has 2 aromatic heterocycles. The van der Waals surface area contributed by atoms with Crippen molar-refractivity contribution >= 4 is 28.6 Å². The van der Waals surface area contributed by atoms with E-state index >= 15 is 0 Å². The molecule has 2 heterocycles. The summed E-state index contributed by atoms with van der Waals surface area (Å²) < 4.78 is 19.3. The van der Waals surface area contributed by atoms with Gasteiger partial charge in [0.25, 0.3) is 0 Å². The number of rotatable bonds is 12. The van der Waals surface area contributed by atoms with Crippen LogP contribution in [0.2, 0.25) is 5.28 Å². The lowest BCUT2D eigenvalue weighted by Gasteiger charge is -2.36. The predicted octanol–water partition coefficient (Wildman–Crippen LogP) is 5.39. The van der Waals surface area contributed by atoms with Crippen LogP contribution in [0.3, 0.4) is 0 Å². The number of fused-ring (bicyclic) bond motifs is 1. The Labute approximate surface area is 237 Å². The van der Waals surface area contributed by atoms with Crippen LogP contribution in [0.4, 0.5) is 5.82 Å². The van der Waals surface area contributed by atoms with Crippen LogP contribution in [-0.4, -0.2) is 52.0 Å². The summed E-state index contributed by atoms with van der Waals surface area (Å²) >= 11 is 6.04. The SMILES string of the molecule is CNc1nc(Cl)nc2c1ncn2C(O)OCCCOC(c1ccccc1)(c1ccccc1)c1ccc(OC)cc1. The van der Waals surface area contributed by atoms with E-state index in [2.05, 4.69) is 44.5 Å². The number of ether oxygens (including phenoxy) is 3. The van der Waals surface area contributed by atoms with E-state index in [9.17, 15) is 5.11 Å². The maximum absolute atomic E-state index is 10.7. The molecule has 0 fully saturated rings. The molecule has 206 valence electrons. The van der Waals surface area contributed by atoms with Gasteiger partial charge in [0.1, 0.15) is 17.7 Å². The Kier molecular flexibility index (Phi) is 8.57. The van der Waals surface area contributed by atoms with Crippen molar-refractivity contribution in [1.82, 2.24) is 19.5 Å². The van der Waals surface area contributed by atoms with Crippen LogP contribution in [0, 0.1) is 0 Å². The first-order chi connectivity index (χ1) is 19.6. The number of aliphatic hydroxyl groups excluding tert-OH is 1. The average Bonchev–Trinajstić information content (AvgIpc) is 3.43. The molecule has 0 spiro atoms. The number of hydrogen-bond donors (Lipinski definition) is 2. The molecule has 0 aliphatic rings. The third-order valence-corrected chi connectivity index (χ3v) is 6.77. The van der Waals surface area contributed by atoms with Gasteiger partial charge in [-0.15, -0.1) is 0 Å². The molecular weight excluding hydrogens is 530 g/mol. The highest BCUT2D eigenvalue weighted by atomic mass is 35.5. The highest BCUT2D eigenvalue weighted by Gasteiger charge is 2.37. The highest BCUT2D eigenvalue weighted by Crippen LogP contribution is 2.41. The van der Waals surface area contributed by atoms with Gasteiger partial charge in [0, 0.05) is 7.05 Å². The largest absolute Gasteiger partial charge is 0.497 e. The molecule has 5 aromatic rings. The topological polar surface area (TPSA) is 104 Å². The number of aliphatic hydroxyl groups is 1. The number of anilines is 1. The Morgan fingerprint density at radius 2 is 1.52 bits per heavy atom. The number of halogens is 1. The minimum atomic E-state index is -1.31. The van der Waals surface area contributed by atoms with E-state index in [4.69, 9.17) is 25.8 Å². The Bertz CT molecular complexity index is 1490. The minimum Gasteiger partial charge on any atom is -0.497 e. The smallest absolute Gasteiger partial charge is 0.244 e. The molecule has 10 heteroatoms. The summed E-state index contributed by atoms with van der Waals surface area (Å²) in [6.45, 7) is 0.575. The molecule has 0 aliphatic carbocycles. The van der Waals surface area contributed by atoms with E-state index < -0.39 is 12.0 Å². The molecule has 0 bridgehead atoms. The van der Waals surface area contributed by atoms with Crippen molar-refractivity contribution in [2.75, 3.05) is 32.7 Å². The van der Waals surface area contributed by atoms with Crippen molar-refractivity contribution < 1.29 is 19.3 Å². The number of hydrogen-bond acceptors (Lipinski definition) is 8. The molecule has 9 nitrogen and oxygen atoms in total. The number of benzene rings is 3. The molecule has 0 radical (unpaired) electrons. The third-order valence-electron chi connectivity index (χ3n) is 6.60. The van der Waals surface area contributed by atoms with Crippen molar-refractivity contribution in [3.05, 3.63) is 113 Å². The van der Waals surface area contributed by atoms with Crippen LogP contribution in [0.1, 0.15) is 29.5 Å². The van der Waals surface area contributed by atoms with E-state index in [0.29, 0.717) is 30.0 Å². The lowest BCUT2D eigenvalue weighted by molar-refractivity contribution is -0.154. The first kappa shape index (κ1) is 27.5. The van der Waals surface area contributed by atoms with E-state index in [1.165, 1.54) is 10.9 Å². The zero-order valence-corrected chi connectivity index (χ0v) is 23.0. The number of nitrogens with one attached hydrogen (secondary N) is 1. The quantitative estimate of drug-likeness (QED) is 0.0907. The van der Waals surface area contributed by atoms with E-state index in [-0.39, 0.29) is 11.9 Å². The fourth-order valence-corrected chi connectivity index (χ4v) is 4.87. The van der Waals surface area contributed by atoms with Crippen molar-refractivity contribution in [2.45, 2.75) is 18.4 Å². The van der Waals surface area contributed by atoms with Crippen LogP contribution in [0.25, 0.3) is 11.2 Å². The summed E-state index contributed by atoms with van der Waals surface area (Å²) in [6, 6.07) is 28.2. The molecule has 1 atom stereocenters. The Hall–Kier alpha value is -4.02. The summed E-state index contributed by atoms with van der Waals surface area (Å²) in [4.78, 5) is 12.6. The Balaban J connectivity index is 1.35. The number of methoxy groups -OCH3 is 1. The van der Waals surface area contributed by atoms with Crippen LogP contribution < -0.4 is 10.1 Å². The van der Waals surface area contributed by atoms with Gasteiger partial charge < -0.3 is 24.6 Å². The van der Waals surface area contributed by atoms with E-state index in [0.717, 1.165) is 22.4 Å². The minimum absolute atomic E-state index is 0.0379. The van der Waals surface area contributed by atoms with Crippen molar-refractivity contribution in [3.63, 3.8) is 0 Å².